The predicted molar refractivity (Wildman–Crippen MR) is 65.1 cm³/mol. The maximum absolute atomic E-state index is 3.60. The van der Waals surface area contributed by atoms with Gasteiger partial charge in [0.05, 0.1) is 20.1 Å². The summed E-state index contributed by atoms with van der Waals surface area (Å²) in [6, 6.07) is 8.49. The largest absolute Gasteiger partial charge is 0.323 e. The Hall–Kier alpha value is -0.340. The first-order chi connectivity index (χ1) is 6.61. The molecule has 78 valence electrons. The molecule has 0 spiro atoms. The molecule has 0 aliphatic rings. The van der Waals surface area contributed by atoms with E-state index in [1.807, 2.05) is 0 Å². The number of hydrogen-bond donors (Lipinski definition) is 0. The molecule has 0 aliphatic heterocycles. The molecule has 0 fully saturated rings. The summed E-state index contributed by atoms with van der Waals surface area (Å²) in [4.78, 5) is 0. The molecule has 0 bridgehead atoms. The van der Waals surface area contributed by atoms with Crippen molar-refractivity contribution < 1.29 is 4.48 Å². The van der Waals surface area contributed by atoms with Crippen molar-refractivity contribution in [2.75, 3.05) is 20.1 Å². The van der Waals surface area contributed by atoms with Crippen LogP contribution in [0.1, 0.15) is 19.4 Å². The average Bonchev–Trinajstić information content (AvgIpc) is 2.21. The van der Waals surface area contributed by atoms with Gasteiger partial charge in [0.25, 0.3) is 0 Å². The minimum absolute atomic E-state index is 1.10. The van der Waals surface area contributed by atoms with Gasteiger partial charge >= 0.3 is 0 Å². The summed E-state index contributed by atoms with van der Waals surface area (Å²) in [6.45, 7) is 7.96. The van der Waals surface area contributed by atoms with Gasteiger partial charge in [0.15, 0.2) is 0 Å². The van der Waals surface area contributed by atoms with Crippen LogP contribution < -0.4 is 0 Å². The van der Waals surface area contributed by atoms with E-state index in [9.17, 15) is 0 Å². The summed E-state index contributed by atoms with van der Waals surface area (Å²) in [5.74, 6) is 0. The Bertz CT molecular complexity index is 292. The molecule has 1 aromatic rings. The predicted octanol–water partition coefficient (Wildman–Crippen LogP) is 3.44. The zero-order valence-corrected chi connectivity index (χ0v) is 10.8. The molecule has 2 heteroatoms. The van der Waals surface area contributed by atoms with Crippen molar-refractivity contribution in [2.24, 2.45) is 0 Å². The van der Waals surface area contributed by atoms with Crippen molar-refractivity contribution in [3.8, 4) is 0 Å². The number of halogens is 1. The third kappa shape index (κ3) is 2.82. The van der Waals surface area contributed by atoms with Crippen LogP contribution in [-0.2, 0) is 6.54 Å². The Morgan fingerprint density at radius 2 is 1.71 bits per heavy atom. The van der Waals surface area contributed by atoms with Crippen molar-refractivity contribution in [1.29, 1.82) is 0 Å². The van der Waals surface area contributed by atoms with Gasteiger partial charge in [-0.1, -0.05) is 34.1 Å². The molecule has 0 heterocycles. The SMILES string of the molecule is CC[N+](C)(CC)Cc1ccccc1Br. The summed E-state index contributed by atoms with van der Waals surface area (Å²) in [7, 11) is 2.30. The van der Waals surface area contributed by atoms with Gasteiger partial charge in [-0.15, -0.1) is 0 Å². The summed E-state index contributed by atoms with van der Waals surface area (Å²) >= 11 is 3.60. The summed E-state index contributed by atoms with van der Waals surface area (Å²) in [5.41, 5.74) is 1.40. The minimum Gasteiger partial charge on any atom is -0.323 e. The third-order valence-electron chi connectivity index (χ3n) is 3.04. The first-order valence-corrected chi connectivity index (χ1v) is 5.97. The molecule has 0 radical (unpaired) electrons. The lowest BCUT2D eigenvalue weighted by Gasteiger charge is -2.32. The second kappa shape index (κ2) is 4.94. The third-order valence-corrected chi connectivity index (χ3v) is 3.81. The molecule has 0 unspecified atom stereocenters. The Balaban J connectivity index is 2.82. The average molecular weight is 257 g/mol. The van der Waals surface area contributed by atoms with Gasteiger partial charge in [-0.2, -0.15) is 0 Å². The van der Waals surface area contributed by atoms with Gasteiger partial charge in [0.1, 0.15) is 6.54 Å². The number of nitrogens with zero attached hydrogens (tertiary/aromatic N) is 1. The maximum atomic E-state index is 3.60. The van der Waals surface area contributed by atoms with E-state index in [1.54, 1.807) is 0 Å². The normalized spacial score (nSPS) is 11.7. The molecule has 1 aromatic carbocycles. The molecule has 0 saturated heterocycles. The van der Waals surface area contributed by atoms with E-state index in [0.717, 1.165) is 11.0 Å². The standard InChI is InChI=1S/C12H19BrN/c1-4-14(3,5-2)10-11-8-6-7-9-12(11)13/h6-9H,4-5,10H2,1-3H3/q+1. The first kappa shape index (κ1) is 11.7. The number of rotatable bonds is 4. The number of benzene rings is 1. The van der Waals surface area contributed by atoms with Gasteiger partial charge in [-0.05, 0) is 19.9 Å². The van der Waals surface area contributed by atoms with Crippen LogP contribution in [0, 0.1) is 0 Å². The van der Waals surface area contributed by atoms with Gasteiger partial charge in [0, 0.05) is 10.0 Å². The number of hydrogen-bond acceptors (Lipinski definition) is 0. The highest BCUT2D eigenvalue weighted by atomic mass is 79.9. The van der Waals surface area contributed by atoms with Crippen molar-refractivity contribution in [3.63, 3.8) is 0 Å². The first-order valence-electron chi connectivity index (χ1n) is 5.18. The number of quaternary nitrogens is 1. The highest BCUT2D eigenvalue weighted by Crippen LogP contribution is 2.20. The van der Waals surface area contributed by atoms with Crippen LogP contribution >= 0.6 is 15.9 Å². The molecule has 0 N–H and O–H groups in total. The van der Waals surface area contributed by atoms with Crippen molar-refractivity contribution in [3.05, 3.63) is 34.3 Å². The zero-order chi connectivity index (χ0) is 10.6. The smallest absolute Gasteiger partial charge is 0.105 e. The van der Waals surface area contributed by atoms with Crippen molar-refractivity contribution in [2.45, 2.75) is 20.4 Å². The molecule has 1 rings (SSSR count). The second-order valence-corrected chi connectivity index (χ2v) is 4.86. The Kier molecular flexibility index (Phi) is 4.14. The molecule has 14 heavy (non-hydrogen) atoms. The van der Waals surface area contributed by atoms with Crippen LogP contribution in [0.5, 0.6) is 0 Å². The van der Waals surface area contributed by atoms with Crippen LogP contribution in [0.4, 0.5) is 0 Å². The zero-order valence-electron chi connectivity index (χ0n) is 9.26. The van der Waals surface area contributed by atoms with Gasteiger partial charge < -0.3 is 4.48 Å². The van der Waals surface area contributed by atoms with Crippen LogP contribution in [0.3, 0.4) is 0 Å². The summed E-state index contributed by atoms with van der Waals surface area (Å²) < 4.78 is 2.33. The topological polar surface area (TPSA) is 0 Å². The minimum atomic E-state index is 1.10. The molecular weight excluding hydrogens is 238 g/mol. The molecule has 0 aliphatic carbocycles. The van der Waals surface area contributed by atoms with Crippen LogP contribution in [0.25, 0.3) is 0 Å². The molecular formula is C12H19BrN+. The lowest BCUT2D eigenvalue weighted by Crippen LogP contribution is -2.42. The fourth-order valence-corrected chi connectivity index (χ4v) is 1.90. The Labute approximate surface area is 95.5 Å². The molecule has 0 amide bonds. The molecule has 1 nitrogen and oxygen atoms in total. The Morgan fingerprint density at radius 1 is 1.14 bits per heavy atom. The second-order valence-electron chi connectivity index (χ2n) is 4.00. The fourth-order valence-electron chi connectivity index (χ4n) is 1.49. The quantitative estimate of drug-likeness (QED) is 0.725. The summed E-state index contributed by atoms with van der Waals surface area (Å²) in [6.07, 6.45) is 0. The van der Waals surface area contributed by atoms with Crippen molar-refractivity contribution in [1.82, 2.24) is 0 Å². The van der Waals surface area contributed by atoms with Crippen LogP contribution in [0.15, 0.2) is 28.7 Å². The van der Waals surface area contributed by atoms with E-state index in [-0.39, 0.29) is 0 Å². The van der Waals surface area contributed by atoms with Crippen LogP contribution in [0.2, 0.25) is 0 Å². The molecule has 0 atom stereocenters. The highest BCUT2D eigenvalue weighted by molar-refractivity contribution is 9.10. The highest BCUT2D eigenvalue weighted by Gasteiger charge is 2.17. The lowest BCUT2D eigenvalue weighted by molar-refractivity contribution is -0.919. The van der Waals surface area contributed by atoms with Gasteiger partial charge in [-0.3, -0.25) is 0 Å². The lowest BCUT2D eigenvalue weighted by atomic mass is 10.2. The molecule has 0 saturated carbocycles. The van der Waals surface area contributed by atoms with E-state index in [4.69, 9.17) is 0 Å². The monoisotopic (exact) mass is 256 g/mol. The Morgan fingerprint density at radius 3 is 2.21 bits per heavy atom. The molecule has 0 aromatic heterocycles. The van der Waals surface area contributed by atoms with Crippen molar-refractivity contribution >= 4 is 15.9 Å². The fraction of sp³-hybridized carbons (Fsp3) is 0.500. The van der Waals surface area contributed by atoms with E-state index in [1.165, 1.54) is 23.1 Å². The van der Waals surface area contributed by atoms with E-state index in [0.29, 0.717) is 0 Å². The van der Waals surface area contributed by atoms with E-state index < -0.39 is 0 Å². The summed E-state index contributed by atoms with van der Waals surface area (Å²) in [5, 5.41) is 0. The van der Waals surface area contributed by atoms with Gasteiger partial charge in [0.2, 0.25) is 0 Å². The van der Waals surface area contributed by atoms with Gasteiger partial charge in [-0.25, -0.2) is 0 Å². The van der Waals surface area contributed by atoms with E-state index in [2.05, 4.69) is 61.1 Å². The van der Waals surface area contributed by atoms with E-state index >= 15 is 0 Å². The van der Waals surface area contributed by atoms with Crippen LogP contribution in [-0.4, -0.2) is 24.6 Å². The maximum Gasteiger partial charge on any atom is 0.105 e.